The fourth-order valence-corrected chi connectivity index (χ4v) is 5.00. The zero-order valence-corrected chi connectivity index (χ0v) is 21.2. The molecular weight excluding hydrogens is 440 g/mol. The molecule has 27 heavy (non-hydrogen) atoms. The van der Waals surface area contributed by atoms with Crippen molar-refractivity contribution in [3.63, 3.8) is 0 Å². The van der Waals surface area contributed by atoms with Crippen LogP contribution in [0, 0.1) is 5.92 Å². The molecule has 1 aliphatic carbocycles. The standard InChI is InChI=1S/C20H33BrN2O2SSi/c1-19(2,3)26(24)23-18(16-10-9-11-17(21)22-16)14-12-15(13-14)25-27(7,8)20(4,5)6/h9-11,14-15H,12-13H2,1-8H3/b23-18+/t14?,15?,26-/m1/s1. The summed E-state index contributed by atoms with van der Waals surface area (Å²) in [7, 11) is -3.08. The lowest BCUT2D eigenvalue weighted by atomic mass is 9.78. The Balaban J connectivity index is 2.20. The minimum atomic E-state index is -1.78. The van der Waals surface area contributed by atoms with Gasteiger partial charge >= 0.3 is 0 Å². The molecule has 7 heteroatoms. The molecule has 1 heterocycles. The van der Waals surface area contributed by atoms with Crippen LogP contribution in [0.2, 0.25) is 18.1 Å². The number of hydrogen-bond acceptors (Lipinski definition) is 3. The first-order chi connectivity index (χ1) is 12.2. The highest BCUT2D eigenvalue weighted by Gasteiger charge is 2.44. The normalized spacial score (nSPS) is 23.1. The lowest BCUT2D eigenvalue weighted by Crippen LogP contribution is -2.49. The molecule has 152 valence electrons. The van der Waals surface area contributed by atoms with Crippen LogP contribution in [-0.4, -0.2) is 34.1 Å². The van der Waals surface area contributed by atoms with Crippen LogP contribution in [0.1, 0.15) is 60.1 Å². The molecule has 0 unspecified atom stereocenters. The Morgan fingerprint density at radius 3 is 2.30 bits per heavy atom. The summed E-state index contributed by atoms with van der Waals surface area (Å²) in [5.41, 5.74) is 1.65. The number of nitrogens with zero attached hydrogens (tertiary/aromatic N) is 2. The van der Waals surface area contributed by atoms with Gasteiger partial charge in [-0.1, -0.05) is 26.8 Å². The molecular formula is C20H33BrN2O2SSi. The van der Waals surface area contributed by atoms with Gasteiger partial charge in [-0.05, 0) is 79.8 Å². The van der Waals surface area contributed by atoms with Crippen molar-refractivity contribution in [3.8, 4) is 0 Å². The van der Waals surface area contributed by atoms with Crippen LogP contribution in [0.15, 0.2) is 27.2 Å². The first-order valence-electron chi connectivity index (χ1n) is 9.52. The third kappa shape index (κ3) is 5.81. The van der Waals surface area contributed by atoms with Crippen molar-refractivity contribution in [1.29, 1.82) is 0 Å². The molecule has 0 N–H and O–H groups in total. The maximum atomic E-state index is 12.7. The minimum Gasteiger partial charge on any atom is -0.414 e. The van der Waals surface area contributed by atoms with Crippen LogP contribution >= 0.6 is 15.9 Å². The van der Waals surface area contributed by atoms with Gasteiger partial charge in [-0.3, -0.25) is 0 Å². The quantitative estimate of drug-likeness (QED) is 0.304. The second-order valence-electron chi connectivity index (χ2n) is 9.85. The first-order valence-corrected chi connectivity index (χ1v) is 14.3. The van der Waals surface area contributed by atoms with Gasteiger partial charge in [0.15, 0.2) is 8.32 Å². The van der Waals surface area contributed by atoms with Gasteiger partial charge in [-0.2, -0.15) is 4.40 Å². The molecule has 1 aromatic rings. The highest BCUT2D eigenvalue weighted by Crippen LogP contribution is 2.42. The fourth-order valence-electron chi connectivity index (χ4n) is 2.59. The number of hydrogen-bond donors (Lipinski definition) is 0. The van der Waals surface area contributed by atoms with E-state index in [-0.39, 0.29) is 17.1 Å². The lowest BCUT2D eigenvalue weighted by molar-refractivity contribution is 0.0800. The molecule has 0 aromatic carbocycles. The van der Waals surface area contributed by atoms with E-state index < -0.39 is 24.1 Å². The predicted octanol–water partition coefficient (Wildman–Crippen LogP) is 5.90. The summed E-state index contributed by atoms with van der Waals surface area (Å²) >= 11 is 3.44. The van der Waals surface area contributed by atoms with Gasteiger partial charge < -0.3 is 4.43 Å². The molecule has 1 saturated carbocycles. The maximum Gasteiger partial charge on any atom is 0.192 e. The van der Waals surface area contributed by atoms with E-state index in [2.05, 4.69) is 59.2 Å². The molecule has 0 amide bonds. The van der Waals surface area contributed by atoms with Gasteiger partial charge in [-0.25, -0.2) is 9.19 Å². The van der Waals surface area contributed by atoms with Crippen LogP contribution in [0.4, 0.5) is 0 Å². The smallest absolute Gasteiger partial charge is 0.192 e. The summed E-state index contributed by atoms with van der Waals surface area (Å²) < 4.78 is 24.2. The summed E-state index contributed by atoms with van der Waals surface area (Å²) in [6.45, 7) is 17.2. The number of pyridine rings is 1. The molecule has 2 rings (SSSR count). The molecule has 1 fully saturated rings. The number of aromatic nitrogens is 1. The average Bonchev–Trinajstić information content (AvgIpc) is 2.46. The van der Waals surface area contributed by atoms with Gasteiger partial charge in [0, 0.05) is 12.0 Å². The zero-order valence-electron chi connectivity index (χ0n) is 17.8. The van der Waals surface area contributed by atoms with Crippen molar-refractivity contribution in [3.05, 3.63) is 28.5 Å². The molecule has 0 radical (unpaired) electrons. The van der Waals surface area contributed by atoms with E-state index in [0.29, 0.717) is 0 Å². The highest BCUT2D eigenvalue weighted by molar-refractivity contribution is 9.10. The summed E-state index contributed by atoms with van der Waals surface area (Å²) in [4.78, 5) is 4.57. The SMILES string of the molecule is CC(C)(C)[S@@](=O)/N=C(/c1cccc(Br)n1)C1CC(O[Si](C)(C)C(C)(C)C)C1. The Morgan fingerprint density at radius 2 is 1.81 bits per heavy atom. The Kier molecular flexibility index (Phi) is 6.93. The van der Waals surface area contributed by atoms with Crippen molar-refractivity contribution in [1.82, 2.24) is 4.98 Å². The lowest BCUT2D eigenvalue weighted by Gasteiger charge is -2.45. The Labute approximate surface area is 176 Å². The fraction of sp³-hybridized carbons (Fsp3) is 0.700. The molecule has 0 bridgehead atoms. The summed E-state index contributed by atoms with van der Waals surface area (Å²) in [5.74, 6) is 0.243. The third-order valence-corrected chi connectivity index (χ3v) is 11.8. The van der Waals surface area contributed by atoms with Crippen LogP contribution in [0.3, 0.4) is 0 Å². The van der Waals surface area contributed by atoms with E-state index in [1.165, 1.54) is 0 Å². The maximum absolute atomic E-state index is 12.7. The van der Waals surface area contributed by atoms with Crippen molar-refractivity contribution < 1.29 is 8.63 Å². The van der Waals surface area contributed by atoms with E-state index in [1.54, 1.807) is 0 Å². The van der Waals surface area contributed by atoms with Gasteiger partial charge in [0.25, 0.3) is 0 Å². The monoisotopic (exact) mass is 472 g/mol. The summed E-state index contributed by atoms with van der Waals surface area (Å²) in [5, 5.41) is 0.203. The number of halogens is 1. The summed E-state index contributed by atoms with van der Waals surface area (Å²) in [6.07, 6.45) is 2.10. The molecule has 0 aliphatic heterocycles. The van der Waals surface area contributed by atoms with Gasteiger partial charge in [-0.15, -0.1) is 0 Å². The topological polar surface area (TPSA) is 51.5 Å². The molecule has 1 aromatic heterocycles. The van der Waals surface area contributed by atoms with E-state index in [4.69, 9.17) is 4.43 Å². The molecule has 0 spiro atoms. The van der Waals surface area contributed by atoms with E-state index in [9.17, 15) is 4.21 Å². The van der Waals surface area contributed by atoms with Gasteiger partial charge in [0.05, 0.1) is 16.2 Å². The molecule has 4 nitrogen and oxygen atoms in total. The Bertz CT molecular complexity index is 732. The van der Waals surface area contributed by atoms with E-state index in [0.717, 1.165) is 28.9 Å². The highest BCUT2D eigenvalue weighted by atomic mass is 79.9. The second-order valence-corrected chi connectivity index (χ2v) is 17.3. The van der Waals surface area contributed by atoms with Gasteiger partial charge in [0.1, 0.15) is 15.6 Å². The van der Waals surface area contributed by atoms with Crippen molar-refractivity contribution in [2.75, 3.05) is 0 Å². The third-order valence-electron chi connectivity index (χ3n) is 5.43. The minimum absolute atomic E-state index is 0.203. The first kappa shape index (κ1) is 22.9. The van der Waals surface area contributed by atoms with Gasteiger partial charge in [0.2, 0.25) is 0 Å². The Hall–Kier alpha value is -0.373. The van der Waals surface area contributed by atoms with E-state index in [1.807, 2.05) is 39.0 Å². The molecule has 1 atom stereocenters. The second kappa shape index (κ2) is 8.17. The molecule has 1 aliphatic rings. The van der Waals surface area contributed by atoms with Crippen molar-refractivity contribution >= 4 is 40.9 Å². The van der Waals surface area contributed by atoms with E-state index >= 15 is 0 Å². The summed E-state index contributed by atoms with van der Waals surface area (Å²) in [6, 6.07) is 5.79. The van der Waals surface area contributed by atoms with Crippen molar-refractivity contribution in [2.45, 2.75) is 83.4 Å². The Morgan fingerprint density at radius 1 is 1.22 bits per heavy atom. The number of rotatable bonds is 5. The average molecular weight is 474 g/mol. The van der Waals surface area contributed by atoms with Crippen molar-refractivity contribution in [2.24, 2.45) is 10.3 Å². The van der Waals surface area contributed by atoms with Crippen LogP contribution < -0.4 is 0 Å². The van der Waals surface area contributed by atoms with Crippen LogP contribution in [0.25, 0.3) is 0 Å². The zero-order chi connectivity index (χ0) is 20.6. The van der Waals surface area contributed by atoms with Crippen LogP contribution in [0.5, 0.6) is 0 Å². The largest absolute Gasteiger partial charge is 0.414 e. The predicted molar refractivity (Wildman–Crippen MR) is 121 cm³/mol. The van der Waals surface area contributed by atoms with Crippen LogP contribution in [-0.2, 0) is 15.4 Å². The molecule has 0 saturated heterocycles.